The smallest absolute Gasteiger partial charge is 0.305 e. The quantitative estimate of drug-likeness (QED) is 0.0115. The van der Waals surface area contributed by atoms with Crippen LogP contribution in [0.1, 0.15) is 227 Å². The van der Waals surface area contributed by atoms with Gasteiger partial charge < -0.3 is 74.1 Å². The minimum atomic E-state index is -0.415. The van der Waals surface area contributed by atoms with Gasteiger partial charge in [0.2, 0.25) is 11.8 Å². The number of likely N-dealkylation sites (tertiary alicyclic amines) is 2. The number of benzene rings is 12. The molecule has 12 aromatic rings. The molecule has 0 unspecified atom stereocenters. The largest absolute Gasteiger partial charge is 0.469 e. The molecule has 0 spiro atoms. The van der Waals surface area contributed by atoms with E-state index in [0.29, 0.717) is 98.4 Å². The second-order valence-corrected chi connectivity index (χ2v) is 34.0. The molecule has 0 aromatic heterocycles. The molecule has 4 aliphatic rings. The Morgan fingerprint density at radius 3 is 0.770 bits per heavy atom. The van der Waals surface area contributed by atoms with Gasteiger partial charge in [0.15, 0.2) is 0 Å². The molecular formula is C129H167N2O16Pd-. The summed E-state index contributed by atoms with van der Waals surface area (Å²) in [5.74, 6) is -0.633. The molecule has 4 heterocycles. The number of methoxy groups -OCH3 is 2. The van der Waals surface area contributed by atoms with Gasteiger partial charge in [-0.3, -0.25) is 19.2 Å². The van der Waals surface area contributed by atoms with Gasteiger partial charge in [-0.25, -0.2) is 0 Å². The van der Waals surface area contributed by atoms with Crippen molar-refractivity contribution < 1.29 is 96.4 Å². The van der Waals surface area contributed by atoms with Crippen molar-refractivity contribution >= 4 is 23.8 Å². The molecule has 4 saturated heterocycles. The number of allylic oxidation sites excluding steroid dienone is 1. The first-order valence-corrected chi connectivity index (χ1v) is 53.0. The van der Waals surface area contributed by atoms with Crippen molar-refractivity contribution in [3.05, 3.63) is 450 Å². The average Bonchev–Trinajstić information content (AvgIpc) is 0.751. The Balaban J connectivity index is 0.000000343. The van der Waals surface area contributed by atoms with Crippen LogP contribution in [0, 0.1) is 19.3 Å². The van der Waals surface area contributed by atoms with Crippen molar-refractivity contribution in [3.63, 3.8) is 0 Å². The van der Waals surface area contributed by atoms with E-state index in [9.17, 15) is 19.2 Å². The fraction of sp³-hybridized carbons (Fsp3) is 0.388. The first kappa shape index (κ1) is 127. The van der Waals surface area contributed by atoms with E-state index in [-0.39, 0.29) is 137 Å². The minimum absolute atomic E-state index is 0. The van der Waals surface area contributed by atoms with Crippen LogP contribution in [-0.4, -0.2) is 122 Å². The Morgan fingerprint density at radius 1 is 0.297 bits per heavy atom. The molecule has 0 bridgehead atoms. The summed E-state index contributed by atoms with van der Waals surface area (Å²) in [5.41, 5.74) is 13.3. The normalized spacial score (nSPS) is 19.4. The van der Waals surface area contributed by atoms with Crippen LogP contribution in [0.2, 0.25) is 0 Å². The fourth-order valence-electron chi connectivity index (χ4n) is 17.5. The van der Waals surface area contributed by atoms with Gasteiger partial charge in [0.1, 0.15) is 48.8 Å². The summed E-state index contributed by atoms with van der Waals surface area (Å²) in [6, 6.07) is 122. The molecule has 800 valence electrons. The van der Waals surface area contributed by atoms with Crippen LogP contribution in [-0.2, 0) is 162 Å². The van der Waals surface area contributed by atoms with Crippen molar-refractivity contribution in [1.82, 2.24) is 9.80 Å². The fourth-order valence-corrected chi connectivity index (χ4v) is 17.5. The monoisotopic (exact) mass is 2110 g/mol. The molecule has 4 aliphatic heterocycles. The van der Waals surface area contributed by atoms with Gasteiger partial charge in [-0.05, 0) is 99.4 Å². The average molecular weight is 2110 g/mol. The van der Waals surface area contributed by atoms with Crippen molar-refractivity contribution in [2.24, 2.45) is 11.8 Å². The molecule has 19 heteroatoms. The third-order valence-corrected chi connectivity index (χ3v) is 24.5. The van der Waals surface area contributed by atoms with Gasteiger partial charge in [0.05, 0.1) is 116 Å². The maximum absolute atomic E-state index is 12.6. The van der Waals surface area contributed by atoms with Crippen molar-refractivity contribution in [2.75, 3.05) is 27.4 Å². The molecule has 0 N–H and O–H groups in total. The second kappa shape index (κ2) is 77.0. The molecule has 12 aromatic carbocycles. The summed E-state index contributed by atoms with van der Waals surface area (Å²) in [5, 5.41) is 0. The zero-order chi connectivity index (χ0) is 105. The SMILES string of the molecule is C/C=C/C[C@@H]1O[C@H](COCc2ccccc2)[C@@H](OCc2ccccc2)[C@H](OCc2ccccc2)[C@H]1OCc1ccccc1.CC.CC.CC.CC.CC.CC.CCCC[C@@H]1O[C@H](COCc2ccccc2)[C@@H](OCc2ccccc2)[C@H](OCc2ccccc2)[C@H]1OCc1ccccc1.COC(=O)CC[C@H]1C(=O)N(Cc2ccccc2)[C@@H]1c1ccccc1.COC(=O)CC[C@H]1C(=O)N(Cc2ccccc2)[C@@H]1c1ccccc1.[CH3-].[Pd]. The second-order valence-electron chi connectivity index (χ2n) is 34.0. The Morgan fingerprint density at radius 2 is 0.520 bits per heavy atom. The number of carbonyl (C=O) groups is 4. The van der Waals surface area contributed by atoms with E-state index in [1.807, 2.05) is 367 Å². The van der Waals surface area contributed by atoms with E-state index in [1.54, 1.807) is 0 Å². The number of nitrogens with zero attached hydrogens (tertiary/aromatic N) is 2. The Kier molecular flexibility index (Phi) is 66.0. The van der Waals surface area contributed by atoms with E-state index in [0.717, 1.165) is 86.0 Å². The van der Waals surface area contributed by atoms with Gasteiger partial charge in [0.25, 0.3) is 0 Å². The summed E-state index contributed by atoms with van der Waals surface area (Å²) >= 11 is 0. The summed E-state index contributed by atoms with van der Waals surface area (Å²) in [6.07, 6.45) is 6.21. The van der Waals surface area contributed by atoms with Gasteiger partial charge in [-0.2, -0.15) is 0 Å². The predicted molar refractivity (Wildman–Crippen MR) is 595 cm³/mol. The Bertz CT molecular complexity index is 5210. The predicted octanol–water partition coefficient (Wildman–Crippen LogP) is 28.9. The molecule has 2 amide bonds. The maximum Gasteiger partial charge on any atom is 0.305 e. The van der Waals surface area contributed by atoms with E-state index in [1.165, 1.54) is 14.2 Å². The number of β-lactam (4-membered cyclic amide) rings is 2. The molecule has 0 radical (unpaired) electrons. The number of rotatable bonds is 43. The van der Waals surface area contributed by atoms with E-state index >= 15 is 0 Å². The first-order valence-electron chi connectivity index (χ1n) is 53.0. The maximum atomic E-state index is 12.6. The van der Waals surface area contributed by atoms with Crippen LogP contribution in [0.15, 0.2) is 376 Å². The van der Waals surface area contributed by atoms with Crippen LogP contribution in [0.3, 0.4) is 0 Å². The number of hydrogen-bond donors (Lipinski definition) is 0. The number of hydrogen-bond acceptors (Lipinski definition) is 16. The van der Waals surface area contributed by atoms with Crippen LogP contribution in [0.4, 0.5) is 0 Å². The van der Waals surface area contributed by atoms with E-state index in [4.69, 9.17) is 56.8 Å². The van der Waals surface area contributed by atoms with Crippen LogP contribution in [0.5, 0.6) is 0 Å². The molecule has 148 heavy (non-hydrogen) atoms. The molecule has 14 atom stereocenters. The summed E-state index contributed by atoms with van der Waals surface area (Å²) < 4.78 is 75.9. The van der Waals surface area contributed by atoms with Gasteiger partial charge >= 0.3 is 11.9 Å². The van der Waals surface area contributed by atoms with E-state index < -0.39 is 12.2 Å². The number of ether oxygens (including phenoxy) is 12. The van der Waals surface area contributed by atoms with Crippen molar-refractivity contribution in [2.45, 2.75) is 287 Å². The number of carbonyl (C=O) groups excluding carboxylic acids is 4. The third-order valence-electron chi connectivity index (χ3n) is 24.5. The van der Waals surface area contributed by atoms with Crippen LogP contribution < -0.4 is 0 Å². The molecule has 16 rings (SSSR count). The topological polar surface area (TPSA) is 186 Å². The molecule has 0 aliphatic carbocycles. The zero-order valence-corrected chi connectivity index (χ0v) is 92.3. The molecule has 0 saturated carbocycles. The van der Waals surface area contributed by atoms with Gasteiger partial charge in [-0.15, -0.1) is 0 Å². The third kappa shape index (κ3) is 42.9. The summed E-state index contributed by atoms with van der Waals surface area (Å²) in [4.78, 5) is 51.9. The first-order chi connectivity index (χ1) is 72.0. The van der Waals surface area contributed by atoms with Crippen molar-refractivity contribution in [1.29, 1.82) is 0 Å². The number of esters is 2. The van der Waals surface area contributed by atoms with E-state index in [2.05, 4.69) is 116 Å². The number of amides is 2. The standard InChI is InChI=1S/C38H44O5.C38H42O5.2C20H21NO3.6C2H6.CH3.Pd/c2*1-2-3-24-34-36(40-26-31-18-10-5-11-19-31)38(42-28-33-22-14-7-15-23-33)37(41-27-32-20-12-6-13-21-32)35(43-34)29-39-25-30-16-8-4-9-17-30;2*1-24-18(22)13-12-17-19(16-10-6-3-7-11-16)21(20(17)23)14-15-8-4-2-5-9-15;6*1-2;;/h4-23,34-38H,2-3,24-29H2,1H3;2-23,34-38H,24-29H2,1H3;2*2-11,17,19H,12-14H2,1H3;6*1-2H3;1H3;/q;;;;;;;;;;-1;/b;3-2+;;;;;;;;;;/t2*34-,35+,36-,37+,38+;2*17-,19-;;;;;;;;/m0011......../s1. The molecular weight excluding hydrogens is 1940 g/mol. The van der Waals surface area contributed by atoms with Crippen molar-refractivity contribution in [3.8, 4) is 0 Å². The number of unbranched alkanes of at least 4 members (excludes halogenated alkanes) is 1. The zero-order valence-electron chi connectivity index (χ0n) is 90.8. The van der Waals surface area contributed by atoms with Gasteiger partial charge in [0, 0.05) is 46.4 Å². The molecule has 18 nitrogen and oxygen atoms in total. The minimum Gasteiger partial charge on any atom is -0.469 e. The van der Waals surface area contributed by atoms with Gasteiger partial charge in [-0.1, -0.05) is 479 Å². The Labute approximate surface area is 901 Å². The molecule has 4 fully saturated rings. The summed E-state index contributed by atoms with van der Waals surface area (Å²) in [6.45, 7) is 33.9. The summed E-state index contributed by atoms with van der Waals surface area (Å²) in [7, 11) is 2.75. The Hall–Kier alpha value is -11.5. The van der Waals surface area contributed by atoms with Crippen LogP contribution in [0.25, 0.3) is 0 Å². The van der Waals surface area contributed by atoms with Crippen LogP contribution >= 0.6 is 0 Å².